The molecule has 0 N–H and O–H groups in total. The summed E-state index contributed by atoms with van der Waals surface area (Å²) < 4.78 is 0.803. The predicted octanol–water partition coefficient (Wildman–Crippen LogP) is 3.74. The van der Waals surface area contributed by atoms with E-state index in [9.17, 15) is 4.79 Å². The molecule has 4 nitrogen and oxygen atoms in total. The molecular weight excluding hydrogens is 338 g/mol. The topological polar surface area (TPSA) is 47.3 Å². The minimum absolute atomic E-state index is 0.000602. The standard InChI is InChI=1S/C18H23N3OS2/c1-14-6-8-16(9-7-14)21(13-5-10-19)17(22)15(2)24-18(23)20-11-3-4-12-20/h6-9,15H,3-5,11-13H2,1-2H3. The fraction of sp³-hybridized carbons (Fsp3) is 0.500. The quantitative estimate of drug-likeness (QED) is 0.748. The largest absolute Gasteiger partial charge is 0.358 e. The fourth-order valence-electron chi connectivity index (χ4n) is 2.65. The van der Waals surface area contributed by atoms with Gasteiger partial charge in [-0.2, -0.15) is 5.26 Å². The molecule has 0 saturated carbocycles. The summed E-state index contributed by atoms with van der Waals surface area (Å²) in [5, 5.41) is 8.63. The normalized spacial score (nSPS) is 15.0. The first-order chi connectivity index (χ1) is 11.5. The summed E-state index contributed by atoms with van der Waals surface area (Å²) in [7, 11) is 0. The van der Waals surface area contributed by atoms with E-state index in [4.69, 9.17) is 17.5 Å². The molecule has 1 unspecified atom stereocenters. The Labute approximate surface area is 153 Å². The zero-order valence-corrected chi connectivity index (χ0v) is 15.8. The van der Waals surface area contributed by atoms with Gasteiger partial charge in [0.1, 0.15) is 4.32 Å². The number of aryl methyl sites for hydroxylation is 1. The third-order valence-corrected chi connectivity index (χ3v) is 5.61. The highest BCUT2D eigenvalue weighted by Crippen LogP contribution is 2.24. The molecule has 1 aromatic carbocycles. The van der Waals surface area contributed by atoms with Gasteiger partial charge in [-0.25, -0.2) is 0 Å². The van der Waals surface area contributed by atoms with Crippen molar-refractivity contribution in [3.05, 3.63) is 29.8 Å². The molecule has 0 aliphatic carbocycles. The number of amides is 1. The predicted molar refractivity (Wildman–Crippen MR) is 104 cm³/mol. The van der Waals surface area contributed by atoms with Crippen molar-refractivity contribution in [2.24, 2.45) is 0 Å². The fourth-order valence-corrected chi connectivity index (χ4v) is 4.13. The molecule has 1 aliphatic heterocycles. The maximum atomic E-state index is 12.9. The zero-order chi connectivity index (χ0) is 17.5. The minimum Gasteiger partial charge on any atom is -0.358 e. The second-order valence-corrected chi connectivity index (χ2v) is 7.93. The third-order valence-electron chi connectivity index (χ3n) is 4.05. The lowest BCUT2D eigenvalue weighted by molar-refractivity contribution is -0.117. The van der Waals surface area contributed by atoms with E-state index in [1.165, 1.54) is 24.6 Å². The van der Waals surface area contributed by atoms with Gasteiger partial charge < -0.3 is 9.80 Å². The molecule has 128 valence electrons. The highest BCUT2D eigenvalue weighted by atomic mass is 32.2. The number of anilines is 1. The van der Waals surface area contributed by atoms with Crippen molar-refractivity contribution >= 4 is 39.9 Å². The Kier molecular flexibility index (Phi) is 7.07. The molecule has 1 amide bonds. The Morgan fingerprint density at radius 1 is 1.38 bits per heavy atom. The van der Waals surface area contributed by atoms with E-state index in [0.29, 0.717) is 13.0 Å². The van der Waals surface area contributed by atoms with Gasteiger partial charge in [0, 0.05) is 25.3 Å². The van der Waals surface area contributed by atoms with Gasteiger partial charge >= 0.3 is 0 Å². The van der Waals surface area contributed by atoms with Gasteiger partial charge in [0.25, 0.3) is 0 Å². The molecule has 1 saturated heterocycles. The van der Waals surface area contributed by atoms with Crippen molar-refractivity contribution in [1.29, 1.82) is 5.26 Å². The second-order valence-electron chi connectivity index (χ2n) is 5.95. The van der Waals surface area contributed by atoms with Crippen molar-refractivity contribution in [2.75, 3.05) is 24.5 Å². The lowest BCUT2D eigenvalue weighted by Crippen LogP contribution is -2.38. The molecule has 1 aliphatic rings. The van der Waals surface area contributed by atoms with E-state index in [0.717, 1.165) is 28.7 Å². The van der Waals surface area contributed by atoms with Crippen LogP contribution in [-0.4, -0.2) is 40.0 Å². The van der Waals surface area contributed by atoms with Gasteiger partial charge in [-0.1, -0.05) is 41.7 Å². The van der Waals surface area contributed by atoms with Gasteiger partial charge in [0.2, 0.25) is 5.91 Å². The van der Waals surface area contributed by atoms with Crippen LogP contribution >= 0.6 is 24.0 Å². The summed E-state index contributed by atoms with van der Waals surface area (Å²) in [6, 6.07) is 9.95. The van der Waals surface area contributed by atoms with Crippen LogP contribution in [0, 0.1) is 18.3 Å². The molecule has 24 heavy (non-hydrogen) atoms. The van der Waals surface area contributed by atoms with Crippen LogP contribution in [0.5, 0.6) is 0 Å². The Balaban J connectivity index is 2.06. The average Bonchev–Trinajstić information content (AvgIpc) is 3.11. The summed E-state index contributed by atoms with van der Waals surface area (Å²) in [5.74, 6) is 0.000602. The minimum atomic E-state index is -0.266. The number of hydrogen-bond donors (Lipinski definition) is 0. The number of nitrogens with zero attached hydrogens (tertiary/aromatic N) is 3. The lowest BCUT2D eigenvalue weighted by atomic mass is 10.2. The third kappa shape index (κ3) is 4.96. The molecule has 0 radical (unpaired) electrons. The number of thiocarbonyl (C=S) groups is 1. The maximum Gasteiger partial charge on any atom is 0.240 e. The van der Waals surface area contributed by atoms with Crippen molar-refractivity contribution in [2.45, 2.75) is 38.4 Å². The highest BCUT2D eigenvalue weighted by Gasteiger charge is 2.25. The zero-order valence-electron chi connectivity index (χ0n) is 14.2. The van der Waals surface area contributed by atoms with Gasteiger partial charge in [-0.05, 0) is 38.8 Å². The number of carbonyl (C=O) groups is 1. The summed E-state index contributed by atoms with van der Waals surface area (Å²) in [6.45, 7) is 6.28. The van der Waals surface area contributed by atoms with Crippen LogP contribution in [0.1, 0.15) is 31.7 Å². The summed E-state index contributed by atoms with van der Waals surface area (Å²) in [5.41, 5.74) is 1.98. The van der Waals surface area contributed by atoms with Crippen molar-refractivity contribution in [1.82, 2.24) is 4.90 Å². The van der Waals surface area contributed by atoms with Crippen LogP contribution < -0.4 is 4.90 Å². The second kappa shape index (κ2) is 9.05. The number of thioether (sulfide) groups is 1. The molecule has 2 rings (SSSR count). The Morgan fingerprint density at radius 2 is 2.00 bits per heavy atom. The Morgan fingerprint density at radius 3 is 2.58 bits per heavy atom. The van der Waals surface area contributed by atoms with Crippen molar-refractivity contribution in [3.63, 3.8) is 0 Å². The molecule has 1 fully saturated rings. The number of hydrogen-bond acceptors (Lipinski definition) is 4. The Hall–Kier alpha value is -1.58. The van der Waals surface area contributed by atoms with Gasteiger partial charge in [-0.15, -0.1) is 0 Å². The SMILES string of the molecule is Cc1ccc(N(CCC#N)C(=O)C(C)SC(=S)N2CCCC2)cc1. The summed E-state index contributed by atoms with van der Waals surface area (Å²) in [6.07, 6.45) is 2.65. The Bertz CT molecular complexity index is 618. The van der Waals surface area contributed by atoms with Crippen LogP contribution in [0.3, 0.4) is 0 Å². The first-order valence-electron chi connectivity index (χ1n) is 8.23. The van der Waals surface area contributed by atoms with Crippen LogP contribution in [0.15, 0.2) is 24.3 Å². The molecule has 0 spiro atoms. The average molecular weight is 362 g/mol. The van der Waals surface area contributed by atoms with E-state index in [-0.39, 0.29) is 11.2 Å². The lowest BCUT2D eigenvalue weighted by Gasteiger charge is -2.26. The summed E-state index contributed by atoms with van der Waals surface area (Å²) in [4.78, 5) is 16.8. The van der Waals surface area contributed by atoms with Gasteiger partial charge in [0.05, 0.1) is 17.7 Å². The van der Waals surface area contributed by atoms with E-state index in [1.54, 1.807) is 4.90 Å². The van der Waals surface area contributed by atoms with Crippen LogP contribution in [-0.2, 0) is 4.79 Å². The highest BCUT2D eigenvalue weighted by molar-refractivity contribution is 8.23. The maximum absolute atomic E-state index is 12.9. The summed E-state index contributed by atoms with van der Waals surface area (Å²) >= 11 is 6.93. The van der Waals surface area contributed by atoms with Crippen LogP contribution in [0.25, 0.3) is 0 Å². The number of carbonyl (C=O) groups excluding carboxylic acids is 1. The molecule has 1 aromatic rings. The van der Waals surface area contributed by atoms with Crippen molar-refractivity contribution in [3.8, 4) is 6.07 Å². The monoisotopic (exact) mass is 361 g/mol. The van der Waals surface area contributed by atoms with Crippen molar-refractivity contribution < 1.29 is 4.79 Å². The van der Waals surface area contributed by atoms with E-state index in [1.807, 2.05) is 38.1 Å². The number of rotatable bonds is 5. The molecule has 0 aromatic heterocycles. The van der Waals surface area contributed by atoms with Gasteiger partial charge in [0.15, 0.2) is 0 Å². The van der Waals surface area contributed by atoms with Crippen LogP contribution in [0.4, 0.5) is 5.69 Å². The number of nitriles is 1. The first-order valence-corrected chi connectivity index (χ1v) is 9.52. The smallest absolute Gasteiger partial charge is 0.240 e. The molecule has 1 heterocycles. The molecule has 6 heteroatoms. The first kappa shape index (κ1) is 18.8. The number of benzene rings is 1. The molecular formula is C18H23N3OS2. The molecule has 1 atom stereocenters. The van der Waals surface area contributed by atoms with E-state index in [2.05, 4.69) is 11.0 Å². The molecule has 0 bridgehead atoms. The number of likely N-dealkylation sites (tertiary alicyclic amines) is 1. The van der Waals surface area contributed by atoms with Gasteiger partial charge in [-0.3, -0.25) is 4.79 Å². The van der Waals surface area contributed by atoms with Crippen LogP contribution in [0.2, 0.25) is 0 Å². The van der Waals surface area contributed by atoms with E-state index < -0.39 is 0 Å². The van der Waals surface area contributed by atoms with E-state index >= 15 is 0 Å².